The number of thioether (sulfide) groups is 1. The standard InChI is InChI=1S/C18H21NOS/c1-19-18(15-7-3-4-8-17(15)21-2)14-9-10-16-13(12-14)6-5-11-20-16/h3-4,7-10,12,18-19H,5-6,11H2,1-2H3. The largest absolute Gasteiger partial charge is 0.493 e. The number of rotatable bonds is 4. The van der Waals surface area contributed by atoms with Crippen LogP contribution in [-0.2, 0) is 6.42 Å². The van der Waals surface area contributed by atoms with Gasteiger partial charge < -0.3 is 10.1 Å². The highest BCUT2D eigenvalue weighted by Gasteiger charge is 2.18. The Labute approximate surface area is 130 Å². The second-order valence-electron chi connectivity index (χ2n) is 5.28. The third-order valence-electron chi connectivity index (χ3n) is 4.00. The Hall–Kier alpha value is -1.45. The van der Waals surface area contributed by atoms with E-state index in [4.69, 9.17) is 4.74 Å². The van der Waals surface area contributed by atoms with Crippen molar-refractivity contribution < 1.29 is 4.74 Å². The van der Waals surface area contributed by atoms with E-state index in [9.17, 15) is 0 Å². The summed E-state index contributed by atoms with van der Waals surface area (Å²) in [7, 11) is 2.03. The molecular formula is C18H21NOS. The van der Waals surface area contributed by atoms with Gasteiger partial charge in [-0.2, -0.15) is 0 Å². The summed E-state index contributed by atoms with van der Waals surface area (Å²) < 4.78 is 5.72. The van der Waals surface area contributed by atoms with Crippen molar-refractivity contribution >= 4 is 11.8 Å². The van der Waals surface area contributed by atoms with Crippen LogP contribution in [0.4, 0.5) is 0 Å². The monoisotopic (exact) mass is 299 g/mol. The summed E-state index contributed by atoms with van der Waals surface area (Å²) in [5.41, 5.74) is 3.98. The van der Waals surface area contributed by atoms with Gasteiger partial charge in [0.2, 0.25) is 0 Å². The first-order valence-electron chi connectivity index (χ1n) is 7.39. The molecule has 0 saturated heterocycles. The molecule has 1 aliphatic heterocycles. The SMILES string of the molecule is CNC(c1ccc2c(c1)CCCO2)c1ccccc1SC. The van der Waals surface area contributed by atoms with Crippen LogP contribution in [0.3, 0.4) is 0 Å². The number of aryl methyl sites for hydroxylation is 1. The Kier molecular flexibility index (Phi) is 4.51. The van der Waals surface area contributed by atoms with Gasteiger partial charge in [0.25, 0.3) is 0 Å². The molecule has 2 nitrogen and oxygen atoms in total. The van der Waals surface area contributed by atoms with Crippen molar-refractivity contribution in [3.63, 3.8) is 0 Å². The molecule has 0 saturated carbocycles. The molecule has 0 radical (unpaired) electrons. The maximum Gasteiger partial charge on any atom is 0.122 e. The molecule has 1 atom stereocenters. The lowest BCUT2D eigenvalue weighted by Crippen LogP contribution is -2.19. The van der Waals surface area contributed by atoms with Crippen LogP contribution in [0.15, 0.2) is 47.4 Å². The van der Waals surface area contributed by atoms with E-state index in [1.165, 1.54) is 21.6 Å². The quantitative estimate of drug-likeness (QED) is 0.861. The van der Waals surface area contributed by atoms with Crippen molar-refractivity contribution in [1.29, 1.82) is 0 Å². The van der Waals surface area contributed by atoms with Gasteiger partial charge in [-0.05, 0) is 55.0 Å². The molecule has 3 heteroatoms. The molecule has 1 aliphatic rings. The molecule has 0 aromatic heterocycles. The van der Waals surface area contributed by atoms with Crippen LogP contribution >= 0.6 is 11.8 Å². The Morgan fingerprint density at radius 1 is 1.19 bits per heavy atom. The van der Waals surface area contributed by atoms with Gasteiger partial charge in [-0.1, -0.05) is 30.3 Å². The van der Waals surface area contributed by atoms with E-state index in [0.717, 1.165) is 25.2 Å². The first-order chi connectivity index (χ1) is 10.3. The highest BCUT2D eigenvalue weighted by Crippen LogP contribution is 2.33. The summed E-state index contributed by atoms with van der Waals surface area (Å²) >= 11 is 1.80. The molecule has 1 heterocycles. The second-order valence-corrected chi connectivity index (χ2v) is 6.13. The number of ether oxygens (including phenoxy) is 1. The molecule has 21 heavy (non-hydrogen) atoms. The maximum absolute atomic E-state index is 5.72. The molecule has 0 aliphatic carbocycles. The summed E-state index contributed by atoms with van der Waals surface area (Å²) in [4.78, 5) is 1.32. The molecule has 0 spiro atoms. The molecule has 3 rings (SSSR count). The third-order valence-corrected chi connectivity index (χ3v) is 4.82. The zero-order valence-corrected chi connectivity index (χ0v) is 13.4. The first kappa shape index (κ1) is 14.5. The van der Waals surface area contributed by atoms with Gasteiger partial charge in [-0.3, -0.25) is 0 Å². The molecule has 0 bridgehead atoms. The molecule has 0 fully saturated rings. The third kappa shape index (κ3) is 2.94. The number of fused-ring (bicyclic) bond motifs is 1. The van der Waals surface area contributed by atoms with E-state index in [1.807, 2.05) is 7.05 Å². The highest BCUT2D eigenvalue weighted by atomic mass is 32.2. The summed E-state index contributed by atoms with van der Waals surface area (Å²) in [5.74, 6) is 1.05. The Morgan fingerprint density at radius 2 is 2.05 bits per heavy atom. The molecule has 1 N–H and O–H groups in total. The predicted molar refractivity (Wildman–Crippen MR) is 89.4 cm³/mol. The van der Waals surface area contributed by atoms with E-state index < -0.39 is 0 Å². The molecule has 2 aromatic carbocycles. The minimum atomic E-state index is 0.223. The minimum absolute atomic E-state index is 0.223. The molecule has 2 aromatic rings. The van der Waals surface area contributed by atoms with Crippen molar-refractivity contribution in [3.8, 4) is 5.75 Å². The lowest BCUT2D eigenvalue weighted by Gasteiger charge is -2.23. The summed E-state index contributed by atoms with van der Waals surface area (Å²) in [6.45, 7) is 0.844. The number of hydrogen-bond donors (Lipinski definition) is 1. The van der Waals surface area contributed by atoms with Gasteiger partial charge in [-0.25, -0.2) is 0 Å². The van der Waals surface area contributed by atoms with Crippen molar-refractivity contribution in [1.82, 2.24) is 5.32 Å². The average molecular weight is 299 g/mol. The Balaban J connectivity index is 2.00. The van der Waals surface area contributed by atoms with Gasteiger partial charge in [0.15, 0.2) is 0 Å². The lowest BCUT2D eigenvalue weighted by molar-refractivity contribution is 0.288. The van der Waals surface area contributed by atoms with Crippen LogP contribution in [0.5, 0.6) is 5.75 Å². The molecule has 110 valence electrons. The number of nitrogens with one attached hydrogen (secondary N) is 1. The van der Waals surface area contributed by atoms with E-state index in [0.29, 0.717) is 0 Å². The number of benzene rings is 2. The zero-order valence-electron chi connectivity index (χ0n) is 12.6. The van der Waals surface area contributed by atoms with Gasteiger partial charge >= 0.3 is 0 Å². The fourth-order valence-corrected chi connectivity index (χ4v) is 3.60. The smallest absolute Gasteiger partial charge is 0.122 e. The van der Waals surface area contributed by atoms with E-state index >= 15 is 0 Å². The predicted octanol–water partition coefficient (Wildman–Crippen LogP) is 4.04. The topological polar surface area (TPSA) is 21.3 Å². The Morgan fingerprint density at radius 3 is 2.86 bits per heavy atom. The van der Waals surface area contributed by atoms with Crippen LogP contribution in [0, 0.1) is 0 Å². The first-order valence-corrected chi connectivity index (χ1v) is 8.61. The average Bonchev–Trinajstić information content (AvgIpc) is 2.56. The molecule has 1 unspecified atom stereocenters. The van der Waals surface area contributed by atoms with Gasteiger partial charge in [-0.15, -0.1) is 11.8 Å². The van der Waals surface area contributed by atoms with Crippen molar-refractivity contribution in [2.45, 2.75) is 23.8 Å². The van der Waals surface area contributed by atoms with E-state index in [1.54, 1.807) is 11.8 Å². The lowest BCUT2D eigenvalue weighted by atomic mass is 9.95. The van der Waals surface area contributed by atoms with Crippen LogP contribution in [0.1, 0.15) is 29.2 Å². The normalized spacial score (nSPS) is 15.1. The van der Waals surface area contributed by atoms with Crippen molar-refractivity contribution in [3.05, 3.63) is 59.2 Å². The number of hydrogen-bond acceptors (Lipinski definition) is 3. The molecular weight excluding hydrogens is 278 g/mol. The van der Waals surface area contributed by atoms with Crippen LogP contribution in [0.25, 0.3) is 0 Å². The fraction of sp³-hybridized carbons (Fsp3) is 0.333. The maximum atomic E-state index is 5.72. The van der Waals surface area contributed by atoms with Gasteiger partial charge in [0.1, 0.15) is 5.75 Å². The highest BCUT2D eigenvalue weighted by molar-refractivity contribution is 7.98. The van der Waals surface area contributed by atoms with Crippen LogP contribution in [-0.4, -0.2) is 19.9 Å². The summed E-state index contributed by atoms with van der Waals surface area (Å²) in [5, 5.41) is 3.46. The second kappa shape index (κ2) is 6.54. The van der Waals surface area contributed by atoms with Gasteiger partial charge in [0.05, 0.1) is 12.6 Å². The van der Waals surface area contributed by atoms with E-state index in [-0.39, 0.29) is 6.04 Å². The minimum Gasteiger partial charge on any atom is -0.493 e. The van der Waals surface area contributed by atoms with E-state index in [2.05, 4.69) is 54.0 Å². The summed E-state index contributed by atoms with van der Waals surface area (Å²) in [6, 6.07) is 15.4. The molecule has 0 amide bonds. The van der Waals surface area contributed by atoms with Crippen molar-refractivity contribution in [2.24, 2.45) is 0 Å². The zero-order chi connectivity index (χ0) is 14.7. The van der Waals surface area contributed by atoms with Gasteiger partial charge in [0, 0.05) is 4.90 Å². The Bertz CT molecular complexity index is 626. The van der Waals surface area contributed by atoms with Crippen molar-refractivity contribution in [2.75, 3.05) is 19.9 Å². The summed E-state index contributed by atoms with van der Waals surface area (Å²) in [6.07, 6.45) is 4.36. The van der Waals surface area contributed by atoms with Crippen LogP contribution in [0.2, 0.25) is 0 Å². The fourth-order valence-electron chi connectivity index (χ4n) is 2.97. The van der Waals surface area contributed by atoms with Crippen LogP contribution < -0.4 is 10.1 Å².